The number of hydrogen-bond donors (Lipinski definition) is 1. The highest BCUT2D eigenvalue weighted by Gasteiger charge is 2.20. The molecule has 0 aliphatic heterocycles. The van der Waals surface area contributed by atoms with E-state index in [2.05, 4.69) is 31.0 Å². The van der Waals surface area contributed by atoms with E-state index < -0.39 is 0 Å². The fraction of sp³-hybridized carbons (Fsp3) is 0.214. The summed E-state index contributed by atoms with van der Waals surface area (Å²) in [5.41, 5.74) is 10.0. The molecule has 1 unspecified atom stereocenters. The van der Waals surface area contributed by atoms with E-state index in [1.165, 1.54) is 0 Å². The van der Waals surface area contributed by atoms with Gasteiger partial charge >= 0.3 is 0 Å². The molecule has 20 heavy (non-hydrogen) atoms. The molecule has 0 aliphatic carbocycles. The first-order chi connectivity index (χ1) is 9.72. The van der Waals surface area contributed by atoms with E-state index in [0.717, 1.165) is 33.3 Å². The number of hydrogen-bond acceptors (Lipinski definition) is 4. The molecule has 0 spiro atoms. The van der Waals surface area contributed by atoms with Crippen LogP contribution in [0.15, 0.2) is 41.3 Å². The predicted molar refractivity (Wildman–Crippen MR) is 81.2 cm³/mol. The number of halogens is 1. The highest BCUT2D eigenvalue weighted by molar-refractivity contribution is 9.10. The van der Waals surface area contributed by atoms with Gasteiger partial charge in [-0.3, -0.25) is 14.6 Å². The van der Waals surface area contributed by atoms with Crippen molar-refractivity contribution >= 4 is 27.0 Å². The van der Waals surface area contributed by atoms with Gasteiger partial charge in [-0.25, -0.2) is 0 Å². The molecule has 0 amide bonds. The lowest BCUT2D eigenvalue weighted by molar-refractivity contribution is 0.600. The monoisotopic (exact) mass is 331 g/mol. The number of fused-ring (bicyclic) bond motifs is 1. The van der Waals surface area contributed by atoms with Gasteiger partial charge in [-0.15, -0.1) is 0 Å². The van der Waals surface area contributed by atoms with Crippen molar-refractivity contribution in [1.29, 1.82) is 0 Å². The van der Waals surface area contributed by atoms with Crippen molar-refractivity contribution in [2.45, 2.75) is 19.5 Å². The van der Waals surface area contributed by atoms with Crippen LogP contribution in [0.25, 0.3) is 11.0 Å². The van der Waals surface area contributed by atoms with Gasteiger partial charge in [0, 0.05) is 24.5 Å². The van der Waals surface area contributed by atoms with Crippen molar-refractivity contribution in [2.24, 2.45) is 5.73 Å². The van der Waals surface area contributed by atoms with Crippen molar-refractivity contribution < 1.29 is 0 Å². The molecule has 3 rings (SSSR count). The van der Waals surface area contributed by atoms with Gasteiger partial charge in [0.25, 0.3) is 0 Å². The fourth-order valence-corrected chi connectivity index (χ4v) is 2.89. The van der Waals surface area contributed by atoms with Gasteiger partial charge in [0.2, 0.25) is 0 Å². The molecule has 0 radical (unpaired) electrons. The Hall–Kier alpha value is -1.79. The largest absolute Gasteiger partial charge is 0.319 e. The maximum Gasteiger partial charge on any atom is 0.0938 e. The smallest absolute Gasteiger partial charge is 0.0938 e. The number of para-hydroxylation sites is 1. The summed E-state index contributed by atoms with van der Waals surface area (Å²) >= 11 is 3.52. The van der Waals surface area contributed by atoms with E-state index in [9.17, 15) is 0 Å². The molecule has 3 aromatic rings. The van der Waals surface area contributed by atoms with Crippen LogP contribution in [0.1, 0.15) is 24.2 Å². The SMILES string of the molecule is CCn1ncc(Br)c1C(N)c1cccc2nccnc12. The lowest BCUT2D eigenvalue weighted by atomic mass is 10.0. The molecule has 0 saturated carbocycles. The fourth-order valence-electron chi connectivity index (χ4n) is 2.35. The lowest BCUT2D eigenvalue weighted by Gasteiger charge is -2.16. The van der Waals surface area contributed by atoms with Crippen LogP contribution in [0.5, 0.6) is 0 Å². The Labute approximate surface area is 125 Å². The van der Waals surface area contributed by atoms with Crippen molar-refractivity contribution in [3.63, 3.8) is 0 Å². The second kappa shape index (κ2) is 5.30. The van der Waals surface area contributed by atoms with E-state index in [1.54, 1.807) is 18.6 Å². The molecule has 0 saturated heterocycles. The van der Waals surface area contributed by atoms with E-state index in [0.29, 0.717) is 0 Å². The van der Waals surface area contributed by atoms with E-state index in [4.69, 9.17) is 5.73 Å². The summed E-state index contributed by atoms with van der Waals surface area (Å²) in [5, 5.41) is 4.31. The summed E-state index contributed by atoms with van der Waals surface area (Å²) < 4.78 is 2.80. The quantitative estimate of drug-likeness (QED) is 0.801. The average Bonchev–Trinajstić information content (AvgIpc) is 2.87. The summed E-state index contributed by atoms with van der Waals surface area (Å²) in [6.45, 7) is 2.81. The number of benzene rings is 1. The molecule has 0 bridgehead atoms. The van der Waals surface area contributed by atoms with Gasteiger partial charge in [0.15, 0.2) is 0 Å². The molecule has 2 aromatic heterocycles. The second-order valence-electron chi connectivity index (χ2n) is 4.44. The minimum absolute atomic E-state index is 0.299. The Balaban J connectivity index is 2.17. The second-order valence-corrected chi connectivity index (χ2v) is 5.30. The van der Waals surface area contributed by atoms with Crippen LogP contribution >= 0.6 is 15.9 Å². The zero-order valence-corrected chi connectivity index (χ0v) is 12.6. The van der Waals surface area contributed by atoms with Crippen molar-refractivity contribution in [1.82, 2.24) is 19.7 Å². The minimum Gasteiger partial charge on any atom is -0.319 e. The number of aryl methyl sites for hydroxylation is 1. The van der Waals surface area contributed by atoms with Crippen LogP contribution in [0, 0.1) is 0 Å². The van der Waals surface area contributed by atoms with Gasteiger partial charge in [-0.2, -0.15) is 5.10 Å². The summed E-state index contributed by atoms with van der Waals surface area (Å²) in [6, 6.07) is 5.57. The van der Waals surface area contributed by atoms with Crippen LogP contribution in [-0.4, -0.2) is 19.7 Å². The first-order valence-electron chi connectivity index (χ1n) is 6.38. The van der Waals surface area contributed by atoms with Crippen LogP contribution < -0.4 is 5.73 Å². The molecule has 0 fully saturated rings. The van der Waals surface area contributed by atoms with Crippen LogP contribution in [0.2, 0.25) is 0 Å². The first kappa shape index (κ1) is 13.2. The molecule has 1 aromatic carbocycles. The summed E-state index contributed by atoms with van der Waals surface area (Å²) in [6.07, 6.45) is 5.14. The normalized spacial score (nSPS) is 12.8. The first-order valence-corrected chi connectivity index (χ1v) is 7.18. The molecule has 1 atom stereocenters. The Morgan fingerprint density at radius 2 is 2.10 bits per heavy atom. The Morgan fingerprint density at radius 3 is 2.90 bits per heavy atom. The van der Waals surface area contributed by atoms with E-state index >= 15 is 0 Å². The predicted octanol–water partition coefficient (Wildman–Crippen LogP) is 2.66. The third-order valence-corrected chi connectivity index (χ3v) is 3.90. The molecule has 2 N–H and O–H groups in total. The van der Waals surface area contributed by atoms with Gasteiger partial charge in [0.05, 0.1) is 33.4 Å². The third kappa shape index (κ3) is 2.10. The van der Waals surface area contributed by atoms with Gasteiger partial charge in [-0.1, -0.05) is 12.1 Å². The third-order valence-electron chi connectivity index (χ3n) is 3.29. The van der Waals surface area contributed by atoms with Gasteiger partial charge < -0.3 is 5.73 Å². The van der Waals surface area contributed by atoms with Gasteiger partial charge in [0.1, 0.15) is 0 Å². The van der Waals surface area contributed by atoms with Crippen LogP contribution in [-0.2, 0) is 6.54 Å². The standard InChI is InChI=1S/C14H14BrN5/c1-2-20-14(10(15)8-19-20)12(16)9-4-3-5-11-13(9)18-7-6-17-11/h3-8,12H,2,16H2,1H3. The number of aromatic nitrogens is 4. The molecule has 6 heteroatoms. The molecule has 2 heterocycles. The molecule has 5 nitrogen and oxygen atoms in total. The van der Waals surface area contributed by atoms with Crippen molar-refractivity contribution in [3.8, 4) is 0 Å². The number of rotatable bonds is 3. The Bertz CT molecular complexity index is 747. The summed E-state index contributed by atoms with van der Waals surface area (Å²) in [5.74, 6) is 0. The van der Waals surface area contributed by atoms with Gasteiger partial charge in [-0.05, 0) is 28.9 Å². The van der Waals surface area contributed by atoms with E-state index in [-0.39, 0.29) is 6.04 Å². The number of nitrogens with two attached hydrogens (primary N) is 1. The van der Waals surface area contributed by atoms with Crippen LogP contribution in [0.3, 0.4) is 0 Å². The molecular formula is C14H14BrN5. The maximum absolute atomic E-state index is 6.45. The number of nitrogens with zero attached hydrogens (tertiary/aromatic N) is 4. The van der Waals surface area contributed by atoms with Crippen molar-refractivity contribution in [2.75, 3.05) is 0 Å². The Kier molecular flexibility index (Phi) is 3.50. The van der Waals surface area contributed by atoms with Crippen LogP contribution in [0.4, 0.5) is 0 Å². The highest BCUT2D eigenvalue weighted by atomic mass is 79.9. The zero-order valence-electron chi connectivity index (χ0n) is 11.0. The minimum atomic E-state index is -0.299. The molecule has 102 valence electrons. The Morgan fingerprint density at radius 1 is 1.30 bits per heavy atom. The highest BCUT2D eigenvalue weighted by Crippen LogP contribution is 2.29. The summed E-state index contributed by atoms with van der Waals surface area (Å²) in [7, 11) is 0. The lowest BCUT2D eigenvalue weighted by Crippen LogP contribution is -2.18. The molecular weight excluding hydrogens is 318 g/mol. The summed E-state index contributed by atoms with van der Waals surface area (Å²) in [4.78, 5) is 8.73. The average molecular weight is 332 g/mol. The maximum atomic E-state index is 6.45. The molecule has 0 aliphatic rings. The zero-order chi connectivity index (χ0) is 14.1. The topological polar surface area (TPSA) is 69.6 Å². The van der Waals surface area contributed by atoms with E-state index in [1.807, 2.05) is 29.8 Å². The van der Waals surface area contributed by atoms with Crippen molar-refractivity contribution in [3.05, 3.63) is 52.5 Å².